The van der Waals surface area contributed by atoms with Gasteiger partial charge in [-0.3, -0.25) is 0 Å². The van der Waals surface area contributed by atoms with Crippen LogP contribution in [-0.2, 0) is 11.3 Å². The smallest absolute Gasteiger partial charge is 0.191 e. The zero-order chi connectivity index (χ0) is 13.9. The quantitative estimate of drug-likeness (QED) is 0.325. The van der Waals surface area contributed by atoms with Crippen molar-refractivity contribution in [1.29, 1.82) is 0 Å². The molecule has 0 fully saturated rings. The van der Waals surface area contributed by atoms with Gasteiger partial charge in [0.25, 0.3) is 0 Å². The second-order valence-electron chi connectivity index (χ2n) is 4.25. The van der Waals surface area contributed by atoms with Crippen molar-refractivity contribution in [1.82, 2.24) is 10.6 Å². The number of rotatable bonds is 7. The average Bonchev–Trinajstić information content (AvgIpc) is 2.42. The topological polar surface area (TPSA) is 45.7 Å². The van der Waals surface area contributed by atoms with Gasteiger partial charge >= 0.3 is 0 Å². The molecule has 1 aromatic carbocycles. The molecule has 0 radical (unpaired) electrons. The number of hydrogen-bond acceptors (Lipinski definition) is 2. The highest BCUT2D eigenvalue weighted by Crippen LogP contribution is 2.07. The Labute approximate surface area is 139 Å². The van der Waals surface area contributed by atoms with E-state index in [2.05, 4.69) is 41.6 Å². The first kappa shape index (κ1) is 19.2. The summed E-state index contributed by atoms with van der Waals surface area (Å²) in [5, 5.41) is 6.49. The van der Waals surface area contributed by atoms with E-state index in [4.69, 9.17) is 4.74 Å². The Morgan fingerprint density at radius 3 is 2.60 bits per heavy atom. The van der Waals surface area contributed by atoms with Gasteiger partial charge in [-0.05, 0) is 31.9 Å². The van der Waals surface area contributed by atoms with E-state index in [1.54, 1.807) is 0 Å². The zero-order valence-corrected chi connectivity index (χ0v) is 14.9. The van der Waals surface area contributed by atoms with Gasteiger partial charge in [0, 0.05) is 19.7 Å². The number of nitrogens with one attached hydrogen (secondary N) is 2. The lowest BCUT2D eigenvalue weighted by Gasteiger charge is -2.11. The molecule has 0 atom stereocenters. The van der Waals surface area contributed by atoms with Crippen molar-refractivity contribution in [2.75, 3.05) is 26.3 Å². The van der Waals surface area contributed by atoms with Crippen LogP contribution in [0.1, 0.15) is 25.0 Å². The molecule has 0 aliphatic heterocycles. The number of nitrogens with zero attached hydrogens (tertiary/aromatic N) is 1. The summed E-state index contributed by atoms with van der Waals surface area (Å²) in [6.45, 7) is 9.94. The van der Waals surface area contributed by atoms with Crippen LogP contribution in [0.25, 0.3) is 0 Å². The minimum absolute atomic E-state index is 0. The fraction of sp³-hybridized carbons (Fsp3) is 0.533. The minimum Gasteiger partial charge on any atom is -0.380 e. The number of hydrogen-bond donors (Lipinski definition) is 2. The van der Waals surface area contributed by atoms with Gasteiger partial charge in [-0.15, -0.1) is 24.0 Å². The Morgan fingerprint density at radius 1 is 1.20 bits per heavy atom. The Morgan fingerprint density at radius 2 is 1.95 bits per heavy atom. The Bertz CT molecular complexity index is 396. The molecule has 0 saturated heterocycles. The first-order valence-corrected chi connectivity index (χ1v) is 6.92. The normalized spacial score (nSPS) is 10.8. The maximum Gasteiger partial charge on any atom is 0.191 e. The molecule has 2 N–H and O–H groups in total. The molecule has 0 bridgehead atoms. The Hall–Kier alpha value is -0.820. The third-order valence-corrected chi connectivity index (χ3v) is 2.76. The SMILES string of the molecule is CCNC(=NCc1ccccc1C)NCCOCC.I. The van der Waals surface area contributed by atoms with Crippen LogP contribution >= 0.6 is 24.0 Å². The van der Waals surface area contributed by atoms with Crippen LogP contribution in [0.5, 0.6) is 0 Å². The highest BCUT2D eigenvalue weighted by molar-refractivity contribution is 14.0. The van der Waals surface area contributed by atoms with Crippen molar-refractivity contribution in [2.24, 2.45) is 4.99 Å². The van der Waals surface area contributed by atoms with Gasteiger partial charge < -0.3 is 15.4 Å². The second-order valence-corrected chi connectivity index (χ2v) is 4.25. The molecule has 0 spiro atoms. The van der Waals surface area contributed by atoms with Crippen LogP contribution in [0.3, 0.4) is 0 Å². The molecular weight excluding hydrogens is 365 g/mol. The van der Waals surface area contributed by atoms with Gasteiger partial charge in [0.2, 0.25) is 0 Å². The average molecular weight is 391 g/mol. The molecular formula is C15H26IN3O. The predicted molar refractivity (Wildman–Crippen MR) is 95.9 cm³/mol. The molecule has 0 unspecified atom stereocenters. The molecule has 0 saturated carbocycles. The molecule has 1 aromatic rings. The van der Waals surface area contributed by atoms with Crippen molar-refractivity contribution < 1.29 is 4.74 Å². The lowest BCUT2D eigenvalue weighted by molar-refractivity contribution is 0.152. The van der Waals surface area contributed by atoms with Crippen LogP contribution < -0.4 is 10.6 Å². The fourth-order valence-corrected chi connectivity index (χ4v) is 1.68. The number of guanidine groups is 1. The van der Waals surface area contributed by atoms with Crippen LogP contribution in [0, 0.1) is 6.92 Å². The van der Waals surface area contributed by atoms with Crippen LogP contribution in [0.4, 0.5) is 0 Å². The molecule has 5 heteroatoms. The first-order chi connectivity index (χ1) is 9.27. The summed E-state index contributed by atoms with van der Waals surface area (Å²) >= 11 is 0. The van der Waals surface area contributed by atoms with E-state index in [0.717, 1.165) is 25.7 Å². The van der Waals surface area contributed by atoms with Crippen molar-refractivity contribution >= 4 is 29.9 Å². The third-order valence-electron chi connectivity index (χ3n) is 2.76. The fourth-order valence-electron chi connectivity index (χ4n) is 1.68. The Kier molecular flexibility index (Phi) is 11.5. The summed E-state index contributed by atoms with van der Waals surface area (Å²) in [5.41, 5.74) is 2.53. The molecule has 0 amide bonds. The van der Waals surface area contributed by atoms with E-state index in [0.29, 0.717) is 13.2 Å². The molecule has 4 nitrogen and oxygen atoms in total. The molecule has 20 heavy (non-hydrogen) atoms. The zero-order valence-electron chi connectivity index (χ0n) is 12.6. The van der Waals surface area contributed by atoms with Crippen LogP contribution in [-0.4, -0.2) is 32.3 Å². The summed E-state index contributed by atoms with van der Waals surface area (Å²) in [5.74, 6) is 0.838. The molecule has 114 valence electrons. The number of benzene rings is 1. The maximum atomic E-state index is 5.30. The summed E-state index contributed by atoms with van der Waals surface area (Å²) in [4.78, 5) is 4.58. The van der Waals surface area contributed by atoms with Gasteiger partial charge in [-0.25, -0.2) is 4.99 Å². The highest BCUT2D eigenvalue weighted by Gasteiger charge is 1.99. The van der Waals surface area contributed by atoms with Gasteiger partial charge in [0.15, 0.2) is 5.96 Å². The van der Waals surface area contributed by atoms with Crippen molar-refractivity contribution in [3.8, 4) is 0 Å². The predicted octanol–water partition coefficient (Wildman–Crippen LogP) is 2.70. The van der Waals surface area contributed by atoms with E-state index in [1.165, 1.54) is 11.1 Å². The molecule has 1 rings (SSSR count). The lowest BCUT2D eigenvalue weighted by atomic mass is 10.1. The Balaban J connectivity index is 0.00000361. The molecule has 0 aliphatic carbocycles. The van der Waals surface area contributed by atoms with Crippen LogP contribution in [0.2, 0.25) is 0 Å². The number of halogens is 1. The monoisotopic (exact) mass is 391 g/mol. The van der Waals surface area contributed by atoms with Gasteiger partial charge in [0.05, 0.1) is 13.2 Å². The van der Waals surface area contributed by atoms with E-state index in [9.17, 15) is 0 Å². The van der Waals surface area contributed by atoms with Gasteiger partial charge in [0.1, 0.15) is 0 Å². The summed E-state index contributed by atoms with van der Waals surface area (Å²) in [7, 11) is 0. The summed E-state index contributed by atoms with van der Waals surface area (Å²) in [6, 6.07) is 8.32. The summed E-state index contributed by atoms with van der Waals surface area (Å²) in [6.07, 6.45) is 0. The van der Waals surface area contributed by atoms with E-state index in [1.807, 2.05) is 19.1 Å². The second kappa shape index (κ2) is 12.0. The standard InChI is InChI=1S/C15H25N3O.HI/c1-4-16-15(17-10-11-19-5-2)18-12-14-9-7-6-8-13(14)3;/h6-9H,4-5,10-12H2,1-3H3,(H2,16,17,18);1H. The van der Waals surface area contributed by atoms with Crippen molar-refractivity contribution in [3.05, 3.63) is 35.4 Å². The van der Waals surface area contributed by atoms with E-state index in [-0.39, 0.29) is 24.0 Å². The molecule has 0 aliphatic rings. The highest BCUT2D eigenvalue weighted by atomic mass is 127. The number of aliphatic imine (C=N–C) groups is 1. The van der Waals surface area contributed by atoms with Gasteiger partial charge in [-0.2, -0.15) is 0 Å². The first-order valence-electron chi connectivity index (χ1n) is 6.92. The lowest BCUT2D eigenvalue weighted by Crippen LogP contribution is -2.39. The largest absolute Gasteiger partial charge is 0.380 e. The van der Waals surface area contributed by atoms with E-state index >= 15 is 0 Å². The van der Waals surface area contributed by atoms with Crippen molar-refractivity contribution in [3.63, 3.8) is 0 Å². The summed E-state index contributed by atoms with van der Waals surface area (Å²) < 4.78 is 5.30. The van der Waals surface area contributed by atoms with Crippen LogP contribution in [0.15, 0.2) is 29.3 Å². The van der Waals surface area contributed by atoms with Gasteiger partial charge in [-0.1, -0.05) is 24.3 Å². The molecule has 0 aromatic heterocycles. The molecule has 0 heterocycles. The number of aryl methyl sites for hydroxylation is 1. The maximum absolute atomic E-state index is 5.30. The minimum atomic E-state index is 0. The van der Waals surface area contributed by atoms with E-state index < -0.39 is 0 Å². The third kappa shape index (κ3) is 7.69. The number of ether oxygens (including phenoxy) is 1. The van der Waals surface area contributed by atoms with Crippen molar-refractivity contribution in [2.45, 2.75) is 27.3 Å².